The van der Waals surface area contributed by atoms with Gasteiger partial charge in [-0.1, -0.05) is 12.1 Å². The number of nitrogens with zero attached hydrogens (tertiary/aromatic N) is 1. The van der Waals surface area contributed by atoms with E-state index in [0.717, 1.165) is 28.9 Å². The molecule has 0 spiro atoms. The maximum atomic E-state index is 12.5. The number of amides is 2. The van der Waals surface area contributed by atoms with Gasteiger partial charge in [0.1, 0.15) is 18.5 Å². The zero-order valence-corrected chi connectivity index (χ0v) is 17.1. The van der Waals surface area contributed by atoms with Crippen molar-refractivity contribution in [2.75, 3.05) is 32.1 Å². The predicted octanol–water partition coefficient (Wildman–Crippen LogP) is 3.32. The molecule has 0 fully saturated rings. The molecule has 0 saturated heterocycles. The number of hydrogen-bond donors (Lipinski definition) is 3. The average molecular weight is 425 g/mol. The van der Waals surface area contributed by atoms with Gasteiger partial charge in [-0.2, -0.15) is 13.2 Å². The van der Waals surface area contributed by atoms with Gasteiger partial charge >= 0.3 is 12.2 Å². The Morgan fingerprint density at radius 1 is 1.13 bits per heavy atom. The number of ether oxygens (including phenoxy) is 1. The SMILES string of the molecule is Cc1ccc(CNC(=O)NCC(O)COc2ccc(C(F)(F)F)cc2)c(N(C)C)c1. The van der Waals surface area contributed by atoms with Gasteiger partial charge in [0.15, 0.2) is 0 Å². The Hall–Kier alpha value is -2.94. The number of halogens is 3. The summed E-state index contributed by atoms with van der Waals surface area (Å²) < 4.78 is 42.8. The summed E-state index contributed by atoms with van der Waals surface area (Å²) in [5, 5.41) is 15.2. The summed E-state index contributed by atoms with van der Waals surface area (Å²) in [6, 6.07) is 9.65. The lowest BCUT2D eigenvalue weighted by atomic mass is 10.1. The fourth-order valence-electron chi connectivity index (χ4n) is 2.68. The molecule has 0 radical (unpaired) electrons. The molecule has 0 aliphatic rings. The third-order valence-corrected chi connectivity index (χ3v) is 4.28. The minimum atomic E-state index is -4.42. The Morgan fingerprint density at radius 2 is 1.80 bits per heavy atom. The standard InChI is InChI=1S/C21H26F3N3O3/c1-14-4-5-15(19(10-14)27(2)3)11-25-20(29)26-12-17(28)13-30-18-8-6-16(7-9-18)21(22,23)24/h4-10,17,28H,11-13H2,1-3H3,(H2,25,26,29). The lowest BCUT2D eigenvalue weighted by molar-refractivity contribution is -0.137. The first-order chi connectivity index (χ1) is 14.1. The molecule has 3 N–H and O–H groups in total. The number of aliphatic hydroxyl groups excluding tert-OH is 1. The minimum absolute atomic E-state index is 0.0685. The second-order valence-electron chi connectivity index (χ2n) is 7.08. The van der Waals surface area contributed by atoms with Gasteiger partial charge in [-0.05, 0) is 48.4 Å². The van der Waals surface area contributed by atoms with Crippen LogP contribution in [0.2, 0.25) is 0 Å². The number of carbonyl (C=O) groups excluding carboxylic acids is 1. The van der Waals surface area contributed by atoms with E-state index in [1.54, 1.807) is 0 Å². The molecule has 0 aliphatic heterocycles. The van der Waals surface area contributed by atoms with Crippen molar-refractivity contribution in [3.63, 3.8) is 0 Å². The molecule has 6 nitrogen and oxygen atoms in total. The Bertz CT molecular complexity index is 840. The maximum absolute atomic E-state index is 12.5. The van der Waals surface area contributed by atoms with Crippen molar-refractivity contribution in [1.29, 1.82) is 0 Å². The number of alkyl halides is 3. The summed E-state index contributed by atoms with van der Waals surface area (Å²) in [5.74, 6) is 0.196. The fraction of sp³-hybridized carbons (Fsp3) is 0.381. The van der Waals surface area contributed by atoms with Crippen molar-refractivity contribution in [3.8, 4) is 5.75 Å². The van der Waals surface area contributed by atoms with E-state index in [-0.39, 0.29) is 18.9 Å². The Labute approximate surface area is 173 Å². The van der Waals surface area contributed by atoms with Crippen LogP contribution in [0.5, 0.6) is 5.75 Å². The van der Waals surface area contributed by atoms with Gasteiger partial charge in [0.05, 0.1) is 5.56 Å². The van der Waals surface area contributed by atoms with Gasteiger partial charge in [-0.25, -0.2) is 4.79 Å². The molecule has 9 heteroatoms. The molecule has 2 aromatic carbocycles. The summed E-state index contributed by atoms with van der Waals surface area (Å²) >= 11 is 0. The highest BCUT2D eigenvalue weighted by molar-refractivity contribution is 5.74. The molecule has 0 saturated carbocycles. The third kappa shape index (κ3) is 7.14. The number of carbonyl (C=O) groups is 1. The normalized spacial score (nSPS) is 12.2. The highest BCUT2D eigenvalue weighted by Crippen LogP contribution is 2.30. The van der Waals surface area contributed by atoms with Crippen LogP contribution in [0.25, 0.3) is 0 Å². The summed E-state index contributed by atoms with van der Waals surface area (Å²) in [6.45, 7) is 2.07. The van der Waals surface area contributed by atoms with E-state index < -0.39 is 23.9 Å². The van der Waals surface area contributed by atoms with Crippen LogP contribution in [0.1, 0.15) is 16.7 Å². The topological polar surface area (TPSA) is 73.8 Å². The van der Waals surface area contributed by atoms with E-state index in [4.69, 9.17) is 4.74 Å². The molecule has 30 heavy (non-hydrogen) atoms. The second kappa shape index (κ2) is 10.2. The van der Waals surface area contributed by atoms with Crippen molar-refractivity contribution in [3.05, 3.63) is 59.2 Å². The molecular weight excluding hydrogens is 399 g/mol. The molecule has 0 bridgehead atoms. The maximum Gasteiger partial charge on any atom is 0.416 e. The van der Waals surface area contributed by atoms with Crippen LogP contribution in [0, 0.1) is 6.92 Å². The van der Waals surface area contributed by atoms with Gasteiger partial charge in [0, 0.05) is 32.9 Å². The number of urea groups is 1. The van der Waals surface area contributed by atoms with E-state index in [0.29, 0.717) is 6.54 Å². The monoisotopic (exact) mass is 425 g/mol. The van der Waals surface area contributed by atoms with Crippen molar-refractivity contribution >= 4 is 11.7 Å². The Kier molecular flexibility index (Phi) is 7.93. The smallest absolute Gasteiger partial charge is 0.416 e. The molecule has 1 atom stereocenters. The average Bonchev–Trinajstić information content (AvgIpc) is 2.69. The number of anilines is 1. The zero-order chi connectivity index (χ0) is 22.3. The van der Waals surface area contributed by atoms with Crippen LogP contribution < -0.4 is 20.3 Å². The first-order valence-electron chi connectivity index (χ1n) is 9.33. The lowest BCUT2D eigenvalue weighted by Gasteiger charge is -2.19. The Morgan fingerprint density at radius 3 is 2.40 bits per heavy atom. The van der Waals surface area contributed by atoms with Crippen molar-refractivity contribution in [2.45, 2.75) is 25.7 Å². The molecule has 0 aliphatic carbocycles. The fourth-order valence-corrected chi connectivity index (χ4v) is 2.68. The van der Waals surface area contributed by atoms with Gasteiger partial charge in [-0.3, -0.25) is 0 Å². The van der Waals surface area contributed by atoms with E-state index in [1.807, 2.05) is 44.1 Å². The van der Waals surface area contributed by atoms with Gasteiger partial charge in [0.2, 0.25) is 0 Å². The lowest BCUT2D eigenvalue weighted by Crippen LogP contribution is -2.41. The highest BCUT2D eigenvalue weighted by atomic mass is 19.4. The molecule has 2 rings (SSSR count). The van der Waals surface area contributed by atoms with E-state index in [9.17, 15) is 23.1 Å². The summed E-state index contributed by atoms with van der Waals surface area (Å²) in [4.78, 5) is 13.9. The van der Waals surface area contributed by atoms with Crippen LogP contribution in [-0.2, 0) is 12.7 Å². The number of hydrogen-bond acceptors (Lipinski definition) is 4. The number of nitrogens with one attached hydrogen (secondary N) is 2. The molecule has 0 heterocycles. The van der Waals surface area contributed by atoms with Crippen molar-refractivity contribution in [2.24, 2.45) is 0 Å². The zero-order valence-electron chi connectivity index (χ0n) is 17.1. The molecule has 0 aromatic heterocycles. The van der Waals surface area contributed by atoms with Crippen LogP contribution in [0.15, 0.2) is 42.5 Å². The summed E-state index contributed by atoms with van der Waals surface area (Å²) in [5.41, 5.74) is 2.29. The summed E-state index contributed by atoms with van der Waals surface area (Å²) in [6.07, 6.45) is -5.43. The van der Waals surface area contributed by atoms with Crippen molar-refractivity contribution in [1.82, 2.24) is 10.6 Å². The van der Waals surface area contributed by atoms with E-state index >= 15 is 0 Å². The van der Waals surface area contributed by atoms with Gasteiger partial charge in [-0.15, -0.1) is 0 Å². The van der Waals surface area contributed by atoms with Crippen LogP contribution in [0.3, 0.4) is 0 Å². The quantitative estimate of drug-likeness (QED) is 0.607. The number of aryl methyl sites for hydroxylation is 1. The van der Waals surface area contributed by atoms with Crippen LogP contribution in [0.4, 0.5) is 23.7 Å². The van der Waals surface area contributed by atoms with Gasteiger partial charge < -0.3 is 25.4 Å². The first-order valence-corrected chi connectivity index (χ1v) is 9.33. The highest BCUT2D eigenvalue weighted by Gasteiger charge is 2.30. The molecule has 2 amide bonds. The molecule has 164 valence electrons. The van der Waals surface area contributed by atoms with E-state index in [2.05, 4.69) is 10.6 Å². The minimum Gasteiger partial charge on any atom is -0.491 e. The number of aliphatic hydroxyl groups is 1. The second-order valence-corrected chi connectivity index (χ2v) is 7.08. The van der Waals surface area contributed by atoms with Gasteiger partial charge in [0.25, 0.3) is 0 Å². The summed E-state index contributed by atoms with van der Waals surface area (Å²) in [7, 11) is 3.84. The van der Waals surface area contributed by atoms with Crippen LogP contribution in [-0.4, -0.2) is 44.5 Å². The molecular formula is C21H26F3N3O3. The number of benzene rings is 2. The van der Waals surface area contributed by atoms with E-state index in [1.165, 1.54) is 12.1 Å². The first kappa shape index (κ1) is 23.3. The molecule has 2 aromatic rings. The predicted molar refractivity (Wildman–Crippen MR) is 109 cm³/mol. The largest absolute Gasteiger partial charge is 0.491 e. The third-order valence-electron chi connectivity index (χ3n) is 4.28. The van der Waals surface area contributed by atoms with Crippen molar-refractivity contribution < 1.29 is 27.8 Å². The molecule has 1 unspecified atom stereocenters. The van der Waals surface area contributed by atoms with Crippen LogP contribution >= 0.6 is 0 Å². The Balaban J connectivity index is 1.74. The number of rotatable bonds is 8.